The molecule has 1 fully saturated rings. The van der Waals surface area contributed by atoms with Gasteiger partial charge >= 0.3 is 0 Å². The predicted octanol–water partition coefficient (Wildman–Crippen LogP) is 2.59. The smallest absolute Gasteiger partial charge is 0.230 e. The molecule has 0 aliphatic carbocycles. The zero-order chi connectivity index (χ0) is 12.4. The van der Waals surface area contributed by atoms with Gasteiger partial charge in [-0.3, -0.25) is 0 Å². The SMILES string of the molecule is CC1CC(c2nc(-c3ccccc3)no2)CCN1. The van der Waals surface area contributed by atoms with Gasteiger partial charge < -0.3 is 9.84 Å². The first kappa shape index (κ1) is 11.4. The van der Waals surface area contributed by atoms with Gasteiger partial charge in [0.2, 0.25) is 11.7 Å². The van der Waals surface area contributed by atoms with Crippen molar-refractivity contribution in [1.82, 2.24) is 15.5 Å². The highest BCUT2D eigenvalue weighted by Crippen LogP contribution is 2.27. The van der Waals surface area contributed by atoms with Crippen molar-refractivity contribution in [2.24, 2.45) is 0 Å². The van der Waals surface area contributed by atoms with Crippen molar-refractivity contribution in [1.29, 1.82) is 0 Å². The van der Waals surface area contributed by atoms with Crippen molar-refractivity contribution in [2.45, 2.75) is 31.7 Å². The molecule has 18 heavy (non-hydrogen) atoms. The van der Waals surface area contributed by atoms with Gasteiger partial charge in [0, 0.05) is 17.5 Å². The third-order valence-corrected chi connectivity index (χ3v) is 3.45. The van der Waals surface area contributed by atoms with Crippen LogP contribution in [0.5, 0.6) is 0 Å². The van der Waals surface area contributed by atoms with Gasteiger partial charge in [-0.15, -0.1) is 0 Å². The third-order valence-electron chi connectivity index (χ3n) is 3.45. The van der Waals surface area contributed by atoms with Gasteiger partial charge in [0.25, 0.3) is 0 Å². The molecule has 1 N–H and O–H groups in total. The number of nitrogens with zero attached hydrogens (tertiary/aromatic N) is 2. The van der Waals surface area contributed by atoms with Crippen molar-refractivity contribution in [3.8, 4) is 11.4 Å². The molecular formula is C14H17N3O. The van der Waals surface area contributed by atoms with E-state index in [2.05, 4.69) is 22.4 Å². The van der Waals surface area contributed by atoms with Gasteiger partial charge in [-0.1, -0.05) is 35.5 Å². The molecule has 1 saturated heterocycles. The molecule has 0 radical (unpaired) electrons. The Bertz CT molecular complexity index is 509. The maximum absolute atomic E-state index is 5.42. The van der Waals surface area contributed by atoms with E-state index in [9.17, 15) is 0 Å². The zero-order valence-electron chi connectivity index (χ0n) is 10.5. The van der Waals surface area contributed by atoms with Gasteiger partial charge in [0.15, 0.2) is 0 Å². The van der Waals surface area contributed by atoms with Crippen molar-refractivity contribution in [3.63, 3.8) is 0 Å². The summed E-state index contributed by atoms with van der Waals surface area (Å²) in [5.41, 5.74) is 1.01. The summed E-state index contributed by atoms with van der Waals surface area (Å²) in [7, 11) is 0. The fourth-order valence-corrected chi connectivity index (χ4v) is 2.46. The lowest BCUT2D eigenvalue weighted by Crippen LogP contribution is -2.34. The molecule has 2 heterocycles. The second-order valence-corrected chi connectivity index (χ2v) is 4.90. The summed E-state index contributed by atoms with van der Waals surface area (Å²) in [4.78, 5) is 4.53. The maximum Gasteiger partial charge on any atom is 0.230 e. The van der Waals surface area contributed by atoms with Gasteiger partial charge in [-0.05, 0) is 26.3 Å². The topological polar surface area (TPSA) is 51.0 Å². The second-order valence-electron chi connectivity index (χ2n) is 4.90. The molecule has 2 aromatic rings. The van der Waals surface area contributed by atoms with E-state index in [0.29, 0.717) is 17.8 Å². The fourth-order valence-electron chi connectivity index (χ4n) is 2.46. The average Bonchev–Trinajstić information content (AvgIpc) is 2.89. The van der Waals surface area contributed by atoms with Crippen LogP contribution in [-0.2, 0) is 0 Å². The van der Waals surface area contributed by atoms with E-state index in [0.717, 1.165) is 30.8 Å². The molecule has 0 bridgehead atoms. The minimum Gasteiger partial charge on any atom is -0.339 e. The normalized spacial score (nSPS) is 24.1. The molecule has 0 spiro atoms. The van der Waals surface area contributed by atoms with Gasteiger partial charge in [0.1, 0.15) is 0 Å². The van der Waals surface area contributed by atoms with E-state index in [1.54, 1.807) is 0 Å². The summed E-state index contributed by atoms with van der Waals surface area (Å²) in [5.74, 6) is 1.87. The molecule has 1 aliphatic rings. The van der Waals surface area contributed by atoms with Crippen LogP contribution in [-0.4, -0.2) is 22.7 Å². The highest BCUT2D eigenvalue weighted by Gasteiger charge is 2.25. The van der Waals surface area contributed by atoms with Gasteiger partial charge in [-0.2, -0.15) is 4.98 Å². The van der Waals surface area contributed by atoms with E-state index in [-0.39, 0.29) is 0 Å². The Labute approximate surface area is 106 Å². The van der Waals surface area contributed by atoms with E-state index >= 15 is 0 Å². The Morgan fingerprint density at radius 3 is 2.89 bits per heavy atom. The van der Waals surface area contributed by atoms with E-state index in [1.165, 1.54) is 0 Å². The highest BCUT2D eigenvalue weighted by atomic mass is 16.5. The number of nitrogens with one attached hydrogen (secondary N) is 1. The van der Waals surface area contributed by atoms with Gasteiger partial charge in [-0.25, -0.2) is 0 Å². The van der Waals surface area contributed by atoms with E-state index < -0.39 is 0 Å². The van der Waals surface area contributed by atoms with E-state index in [4.69, 9.17) is 4.52 Å². The highest BCUT2D eigenvalue weighted by molar-refractivity contribution is 5.53. The molecule has 94 valence electrons. The Kier molecular flexibility index (Phi) is 3.11. The molecular weight excluding hydrogens is 226 g/mol. The molecule has 0 saturated carbocycles. The molecule has 1 aromatic heterocycles. The number of hydrogen-bond acceptors (Lipinski definition) is 4. The summed E-state index contributed by atoms with van der Waals surface area (Å²) < 4.78 is 5.42. The van der Waals surface area contributed by atoms with Gasteiger partial charge in [0.05, 0.1) is 0 Å². The molecule has 2 atom stereocenters. The van der Waals surface area contributed by atoms with Crippen LogP contribution in [0.25, 0.3) is 11.4 Å². The lowest BCUT2D eigenvalue weighted by Gasteiger charge is -2.25. The molecule has 0 amide bonds. The molecule has 1 aliphatic heterocycles. The van der Waals surface area contributed by atoms with Crippen LogP contribution in [0.15, 0.2) is 34.9 Å². The van der Waals surface area contributed by atoms with Crippen molar-refractivity contribution < 1.29 is 4.52 Å². The largest absolute Gasteiger partial charge is 0.339 e. The van der Waals surface area contributed by atoms with E-state index in [1.807, 2.05) is 30.3 Å². The Morgan fingerprint density at radius 1 is 1.28 bits per heavy atom. The minimum atomic E-state index is 0.395. The second kappa shape index (κ2) is 4.90. The van der Waals surface area contributed by atoms with Crippen LogP contribution in [0.4, 0.5) is 0 Å². The standard InChI is InChI=1S/C14H17N3O/c1-10-9-12(7-8-15-10)14-16-13(17-18-14)11-5-3-2-4-6-11/h2-6,10,12,15H,7-9H2,1H3. The van der Waals surface area contributed by atoms with Crippen molar-refractivity contribution in [2.75, 3.05) is 6.54 Å². The lowest BCUT2D eigenvalue weighted by atomic mass is 9.93. The number of benzene rings is 1. The summed E-state index contributed by atoms with van der Waals surface area (Å²) in [6.45, 7) is 3.22. The minimum absolute atomic E-state index is 0.395. The zero-order valence-corrected chi connectivity index (χ0v) is 10.5. The van der Waals surface area contributed by atoms with Crippen molar-refractivity contribution in [3.05, 3.63) is 36.2 Å². The summed E-state index contributed by atoms with van der Waals surface area (Å²) in [5, 5.41) is 7.51. The van der Waals surface area contributed by atoms with Crippen LogP contribution >= 0.6 is 0 Å². The van der Waals surface area contributed by atoms with Crippen LogP contribution in [0.1, 0.15) is 31.6 Å². The number of rotatable bonds is 2. The predicted molar refractivity (Wildman–Crippen MR) is 69.2 cm³/mol. The molecule has 1 aromatic carbocycles. The first-order valence-electron chi connectivity index (χ1n) is 6.45. The monoisotopic (exact) mass is 243 g/mol. The van der Waals surface area contributed by atoms with Crippen LogP contribution in [0.2, 0.25) is 0 Å². The number of aromatic nitrogens is 2. The first-order valence-corrected chi connectivity index (χ1v) is 6.45. The van der Waals surface area contributed by atoms with Crippen LogP contribution < -0.4 is 5.32 Å². The Balaban J connectivity index is 1.81. The van der Waals surface area contributed by atoms with Crippen LogP contribution in [0.3, 0.4) is 0 Å². The maximum atomic E-state index is 5.42. The quantitative estimate of drug-likeness (QED) is 0.880. The molecule has 4 heteroatoms. The number of hydrogen-bond donors (Lipinski definition) is 1. The Hall–Kier alpha value is -1.68. The molecule has 3 rings (SSSR count). The third kappa shape index (κ3) is 2.29. The summed E-state index contributed by atoms with van der Waals surface area (Å²) in [6.07, 6.45) is 2.14. The average molecular weight is 243 g/mol. The fraction of sp³-hybridized carbons (Fsp3) is 0.429. The molecule has 2 unspecified atom stereocenters. The van der Waals surface area contributed by atoms with Crippen LogP contribution in [0, 0.1) is 0 Å². The molecule has 4 nitrogen and oxygen atoms in total. The Morgan fingerprint density at radius 2 is 2.11 bits per heavy atom. The lowest BCUT2D eigenvalue weighted by molar-refractivity contribution is 0.295. The summed E-state index contributed by atoms with van der Waals surface area (Å²) in [6, 6.07) is 10.5. The number of piperidine rings is 1. The first-order chi connectivity index (χ1) is 8.83. The summed E-state index contributed by atoms with van der Waals surface area (Å²) >= 11 is 0. The van der Waals surface area contributed by atoms with Crippen molar-refractivity contribution >= 4 is 0 Å².